The fourth-order valence-corrected chi connectivity index (χ4v) is 5.18. The van der Waals surface area contributed by atoms with E-state index in [1.54, 1.807) is 34.8 Å². The van der Waals surface area contributed by atoms with Crippen LogP contribution in [0.3, 0.4) is 0 Å². The number of aryl methyl sites for hydroxylation is 1. The minimum Gasteiger partial charge on any atom is -0.330 e. The van der Waals surface area contributed by atoms with E-state index in [-0.39, 0.29) is 17.8 Å². The lowest BCUT2D eigenvalue weighted by molar-refractivity contribution is -0.133. The first-order chi connectivity index (χ1) is 12.2. The van der Waals surface area contributed by atoms with Crippen molar-refractivity contribution in [2.45, 2.75) is 25.3 Å². The smallest absolute Gasteiger partial charge is 0.223 e. The molecule has 1 atom stereocenters. The average Bonchev–Trinajstić information content (AvgIpc) is 3.31. The Morgan fingerprint density at radius 3 is 2.80 bits per heavy atom. The van der Waals surface area contributed by atoms with Gasteiger partial charge in [0.1, 0.15) is 5.82 Å². The maximum atomic E-state index is 13.8. The molecule has 1 aliphatic heterocycles. The first-order valence-corrected chi connectivity index (χ1v) is 10.1. The minimum absolute atomic E-state index is 0.00289. The number of thiophene rings is 2. The molecule has 1 aromatic carbocycles. The molecule has 0 fully saturated rings. The third-order valence-corrected chi connectivity index (χ3v) is 6.59. The van der Waals surface area contributed by atoms with Gasteiger partial charge in [0, 0.05) is 22.7 Å². The quantitative estimate of drug-likeness (QED) is 0.628. The summed E-state index contributed by atoms with van der Waals surface area (Å²) in [6.45, 7) is 0.728. The van der Waals surface area contributed by atoms with Gasteiger partial charge in [-0.3, -0.25) is 4.79 Å². The first kappa shape index (κ1) is 16.5. The fraction of sp³-hybridized carbons (Fsp3) is 0.250. The molecule has 2 aromatic heterocycles. The third-order valence-electron chi connectivity index (χ3n) is 4.66. The molecule has 3 heterocycles. The molecular formula is C20H18FNOS2. The van der Waals surface area contributed by atoms with E-state index in [0.717, 1.165) is 13.0 Å². The molecule has 0 saturated carbocycles. The van der Waals surface area contributed by atoms with E-state index in [1.807, 2.05) is 17.0 Å². The molecule has 0 bridgehead atoms. The monoisotopic (exact) mass is 371 g/mol. The van der Waals surface area contributed by atoms with Crippen LogP contribution in [-0.4, -0.2) is 17.4 Å². The van der Waals surface area contributed by atoms with Crippen molar-refractivity contribution >= 4 is 28.6 Å². The Balaban J connectivity index is 1.56. The largest absolute Gasteiger partial charge is 0.330 e. The van der Waals surface area contributed by atoms with Crippen LogP contribution in [0, 0.1) is 5.82 Å². The van der Waals surface area contributed by atoms with Crippen molar-refractivity contribution in [3.63, 3.8) is 0 Å². The zero-order valence-electron chi connectivity index (χ0n) is 13.7. The van der Waals surface area contributed by atoms with Crippen LogP contribution in [0.2, 0.25) is 0 Å². The van der Waals surface area contributed by atoms with Crippen LogP contribution >= 0.6 is 22.7 Å². The molecule has 1 amide bonds. The van der Waals surface area contributed by atoms with Gasteiger partial charge in [-0.1, -0.05) is 24.3 Å². The summed E-state index contributed by atoms with van der Waals surface area (Å²) in [6, 6.07) is 13.0. The summed E-state index contributed by atoms with van der Waals surface area (Å²) < 4.78 is 13.8. The van der Waals surface area contributed by atoms with E-state index in [0.29, 0.717) is 18.4 Å². The summed E-state index contributed by atoms with van der Waals surface area (Å²) in [5, 5.41) is 4.16. The van der Waals surface area contributed by atoms with E-state index < -0.39 is 0 Å². The van der Waals surface area contributed by atoms with Gasteiger partial charge in [0.25, 0.3) is 0 Å². The SMILES string of the molecule is O=C(CCc1ccccc1F)N1CCc2sccc2[C@H]1c1cccs1. The average molecular weight is 372 g/mol. The molecule has 0 unspecified atom stereocenters. The number of carbonyl (C=O) groups excluding carboxylic acids is 1. The molecule has 2 nitrogen and oxygen atoms in total. The Bertz CT molecular complexity index is 871. The molecule has 25 heavy (non-hydrogen) atoms. The highest BCUT2D eigenvalue weighted by molar-refractivity contribution is 7.10. The highest BCUT2D eigenvalue weighted by Crippen LogP contribution is 2.39. The second-order valence-electron chi connectivity index (χ2n) is 6.15. The zero-order valence-corrected chi connectivity index (χ0v) is 15.3. The number of hydrogen-bond acceptors (Lipinski definition) is 3. The Kier molecular flexibility index (Phi) is 4.68. The fourth-order valence-electron chi connectivity index (χ4n) is 3.43. The number of amides is 1. The summed E-state index contributed by atoms with van der Waals surface area (Å²) in [4.78, 5) is 17.5. The summed E-state index contributed by atoms with van der Waals surface area (Å²) >= 11 is 3.45. The molecule has 3 aromatic rings. The predicted octanol–water partition coefficient (Wildman–Crippen LogP) is 5.06. The van der Waals surface area contributed by atoms with Gasteiger partial charge in [-0.25, -0.2) is 4.39 Å². The summed E-state index contributed by atoms with van der Waals surface area (Å²) in [5.41, 5.74) is 1.86. The van der Waals surface area contributed by atoms with Gasteiger partial charge in [-0.15, -0.1) is 22.7 Å². The third kappa shape index (κ3) is 3.26. The number of carbonyl (C=O) groups is 1. The van der Waals surface area contributed by atoms with Crippen molar-refractivity contribution in [2.24, 2.45) is 0 Å². The minimum atomic E-state index is -0.233. The van der Waals surface area contributed by atoms with Gasteiger partial charge >= 0.3 is 0 Å². The number of fused-ring (bicyclic) bond motifs is 1. The van der Waals surface area contributed by atoms with Crippen molar-refractivity contribution in [2.75, 3.05) is 6.54 Å². The van der Waals surface area contributed by atoms with Crippen LogP contribution in [0.25, 0.3) is 0 Å². The molecule has 0 aliphatic carbocycles. The molecule has 128 valence electrons. The van der Waals surface area contributed by atoms with E-state index in [2.05, 4.69) is 22.9 Å². The van der Waals surface area contributed by atoms with Crippen molar-refractivity contribution in [1.82, 2.24) is 4.90 Å². The van der Waals surface area contributed by atoms with Crippen LogP contribution in [-0.2, 0) is 17.6 Å². The second-order valence-corrected chi connectivity index (χ2v) is 8.13. The molecular weight excluding hydrogens is 353 g/mol. The summed E-state index contributed by atoms with van der Waals surface area (Å²) in [5.74, 6) is -0.137. The molecule has 4 rings (SSSR count). The zero-order chi connectivity index (χ0) is 17.2. The van der Waals surface area contributed by atoms with Crippen LogP contribution in [0.4, 0.5) is 4.39 Å². The van der Waals surface area contributed by atoms with Crippen molar-refractivity contribution in [3.05, 3.63) is 79.9 Å². The topological polar surface area (TPSA) is 20.3 Å². The lowest BCUT2D eigenvalue weighted by Crippen LogP contribution is -2.39. The van der Waals surface area contributed by atoms with Gasteiger partial charge in [-0.05, 0) is 52.9 Å². The van der Waals surface area contributed by atoms with Gasteiger partial charge in [-0.2, -0.15) is 0 Å². The molecule has 5 heteroatoms. The number of rotatable bonds is 4. The lowest BCUT2D eigenvalue weighted by atomic mass is 9.97. The summed E-state index contributed by atoms with van der Waals surface area (Å²) in [6.07, 6.45) is 1.68. The van der Waals surface area contributed by atoms with Gasteiger partial charge < -0.3 is 4.90 Å². The lowest BCUT2D eigenvalue weighted by Gasteiger charge is -2.35. The van der Waals surface area contributed by atoms with Crippen LogP contribution in [0.5, 0.6) is 0 Å². The van der Waals surface area contributed by atoms with Crippen molar-refractivity contribution < 1.29 is 9.18 Å². The molecule has 1 aliphatic rings. The standard InChI is InChI=1S/C20H18FNOS2/c21-16-5-2-1-4-14(16)7-8-19(23)22-11-9-17-15(10-13-25-17)20(22)18-6-3-12-24-18/h1-6,10,12-13,20H,7-9,11H2/t20-/m0/s1. The van der Waals surface area contributed by atoms with Crippen molar-refractivity contribution in [1.29, 1.82) is 0 Å². The van der Waals surface area contributed by atoms with Gasteiger partial charge in [0.05, 0.1) is 6.04 Å². The molecule has 0 spiro atoms. The highest BCUT2D eigenvalue weighted by atomic mass is 32.1. The second kappa shape index (κ2) is 7.10. The van der Waals surface area contributed by atoms with Gasteiger partial charge in [0.15, 0.2) is 0 Å². The number of nitrogens with zero attached hydrogens (tertiary/aromatic N) is 1. The maximum Gasteiger partial charge on any atom is 0.223 e. The maximum absolute atomic E-state index is 13.8. The van der Waals surface area contributed by atoms with E-state index >= 15 is 0 Å². The Morgan fingerprint density at radius 2 is 2.00 bits per heavy atom. The first-order valence-electron chi connectivity index (χ1n) is 8.36. The normalized spacial score (nSPS) is 16.7. The Hall–Kier alpha value is -1.98. The number of halogens is 1. The molecule has 0 radical (unpaired) electrons. The number of benzene rings is 1. The van der Waals surface area contributed by atoms with E-state index in [9.17, 15) is 9.18 Å². The molecule has 0 N–H and O–H groups in total. The van der Waals surface area contributed by atoms with Crippen LogP contribution in [0.15, 0.2) is 53.2 Å². The van der Waals surface area contributed by atoms with Gasteiger partial charge in [0.2, 0.25) is 5.91 Å². The number of hydrogen-bond donors (Lipinski definition) is 0. The summed E-state index contributed by atoms with van der Waals surface area (Å²) in [7, 11) is 0. The van der Waals surface area contributed by atoms with E-state index in [4.69, 9.17) is 0 Å². The Morgan fingerprint density at radius 1 is 1.12 bits per heavy atom. The molecule has 0 saturated heterocycles. The van der Waals surface area contributed by atoms with E-state index in [1.165, 1.54) is 21.4 Å². The van der Waals surface area contributed by atoms with Crippen LogP contribution < -0.4 is 0 Å². The highest BCUT2D eigenvalue weighted by Gasteiger charge is 2.33. The van der Waals surface area contributed by atoms with Crippen LogP contribution in [0.1, 0.15) is 33.3 Å². The van der Waals surface area contributed by atoms with Crippen molar-refractivity contribution in [3.8, 4) is 0 Å². The Labute approximate surface area is 154 Å². The predicted molar refractivity (Wildman–Crippen MR) is 101 cm³/mol.